The van der Waals surface area contributed by atoms with Gasteiger partial charge in [-0.3, -0.25) is 4.79 Å². The van der Waals surface area contributed by atoms with Crippen molar-refractivity contribution in [3.05, 3.63) is 71.8 Å². The van der Waals surface area contributed by atoms with Gasteiger partial charge in [0.2, 0.25) is 5.91 Å². The van der Waals surface area contributed by atoms with Crippen molar-refractivity contribution in [3.63, 3.8) is 0 Å². The molecule has 2 aromatic carbocycles. The number of amides is 1. The lowest BCUT2D eigenvalue weighted by Gasteiger charge is -2.05. The van der Waals surface area contributed by atoms with Gasteiger partial charge >= 0.3 is 0 Å². The van der Waals surface area contributed by atoms with E-state index in [9.17, 15) is 13.6 Å². The van der Waals surface area contributed by atoms with Crippen LogP contribution < -0.4 is 5.32 Å². The van der Waals surface area contributed by atoms with Crippen LogP contribution in [0.3, 0.4) is 0 Å². The molecule has 1 N–H and O–H groups in total. The Balaban J connectivity index is 2.13. The zero-order valence-electron chi connectivity index (χ0n) is 10.9. The normalized spacial score (nSPS) is 11.2. The maximum atomic E-state index is 13.4. The van der Waals surface area contributed by atoms with Crippen LogP contribution in [0.15, 0.2) is 54.6 Å². The Bertz CT molecular complexity index is 651. The second-order valence-corrected chi connectivity index (χ2v) is 4.31. The van der Waals surface area contributed by atoms with Crippen molar-refractivity contribution in [3.8, 4) is 0 Å². The summed E-state index contributed by atoms with van der Waals surface area (Å²) in [6.07, 6.45) is 1.37. The van der Waals surface area contributed by atoms with E-state index in [1.54, 1.807) is 6.92 Å². The molecule has 0 heterocycles. The summed E-state index contributed by atoms with van der Waals surface area (Å²) in [4.78, 5) is 11.8. The summed E-state index contributed by atoms with van der Waals surface area (Å²) in [5, 5.41) is 2.38. The maximum Gasteiger partial charge on any atom is 0.248 e. The van der Waals surface area contributed by atoms with Crippen molar-refractivity contribution in [2.75, 3.05) is 5.32 Å². The summed E-state index contributed by atoms with van der Waals surface area (Å²) >= 11 is 0. The molecule has 1 amide bonds. The standard InChI is InChI=1S/C16H13F2NO/c1-11(12-5-3-2-4-6-12)9-16(20)19-15-8-7-13(17)10-14(15)18/h2-10H,1H3,(H,19,20)/b11-9-. The number of benzene rings is 2. The van der Waals surface area contributed by atoms with E-state index >= 15 is 0 Å². The van der Waals surface area contributed by atoms with E-state index in [0.717, 1.165) is 23.3 Å². The van der Waals surface area contributed by atoms with Gasteiger partial charge in [0.05, 0.1) is 5.69 Å². The molecule has 0 unspecified atom stereocenters. The quantitative estimate of drug-likeness (QED) is 0.841. The van der Waals surface area contributed by atoms with E-state index in [2.05, 4.69) is 5.32 Å². The maximum absolute atomic E-state index is 13.4. The second-order valence-electron chi connectivity index (χ2n) is 4.31. The van der Waals surface area contributed by atoms with Crippen LogP contribution in [0.2, 0.25) is 0 Å². The lowest BCUT2D eigenvalue weighted by Crippen LogP contribution is -2.10. The number of allylic oxidation sites excluding steroid dienone is 1. The molecule has 20 heavy (non-hydrogen) atoms. The van der Waals surface area contributed by atoms with Crippen LogP contribution in [-0.4, -0.2) is 5.91 Å². The van der Waals surface area contributed by atoms with Gasteiger partial charge in [-0.25, -0.2) is 8.78 Å². The SMILES string of the molecule is C/C(=C/C(=O)Nc1ccc(F)cc1F)c1ccccc1. The highest BCUT2D eigenvalue weighted by atomic mass is 19.1. The molecule has 0 bridgehead atoms. The van der Waals surface area contributed by atoms with Crippen molar-refractivity contribution >= 4 is 17.2 Å². The summed E-state index contributed by atoms with van der Waals surface area (Å²) in [5.74, 6) is -1.95. The molecular weight excluding hydrogens is 260 g/mol. The number of hydrogen-bond acceptors (Lipinski definition) is 1. The first kappa shape index (κ1) is 13.9. The van der Waals surface area contributed by atoms with E-state index in [0.29, 0.717) is 0 Å². The van der Waals surface area contributed by atoms with E-state index in [1.807, 2.05) is 30.3 Å². The van der Waals surface area contributed by atoms with Gasteiger partial charge < -0.3 is 5.32 Å². The zero-order valence-corrected chi connectivity index (χ0v) is 10.9. The Hall–Kier alpha value is -2.49. The Labute approximate surface area is 115 Å². The minimum absolute atomic E-state index is 0.0477. The minimum atomic E-state index is -0.802. The van der Waals surface area contributed by atoms with Gasteiger partial charge in [0, 0.05) is 12.1 Å². The van der Waals surface area contributed by atoms with Crippen LogP contribution in [0, 0.1) is 11.6 Å². The average molecular weight is 273 g/mol. The predicted molar refractivity (Wildman–Crippen MR) is 75.1 cm³/mol. The lowest BCUT2D eigenvalue weighted by molar-refractivity contribution is -0.111. The first-order valence-corrected chi connectivity index (χ1v) is 6.06. The van der Waals surface area contributed by atoms with E-state index < -0.39 is 17.5 Å². The van der Waals surface area contributed by atoms with Crippen LogP contribution in [0.1, 0.15) is 12.5 Å². The molecule has 0 aliphatic carbocycles. The number of carbonyl (C=O) groups is 1. The topological polar surface area (TPSA) is 29.1 Å². The van der Waals surface area contributed by atoms with Gasteiger partial charge in [0.1, 0.15) is 11.6 Å². The number of nitrogens with one attached hydrogen (secondary N) is 1. The fraction of sp³-hybridized carbons (Fsp3) is 0.0625. The number of carbonyl (C=O) groups excluding carboxylic acids is 1. The number of halogens is 2. The molecule has 2 rings (SSSR count). The minimum Gasteiger partial charge on any atom is -0.320 e. The summed E-state index contributed by atoms with van der Waals surface area (Å²) < 4.78 is 26.1. The average Bonchev–Trinajstić information content (AvgIpc) is 2.43. The molecule has 0 fully saturated rings. The summed E-state index contributed by atoms with van der Waals surface area (Å²) in [7, 11) is 0. The van der Waals surface area contributed by atoms with Gasteiger partial charge in [-0.15, -0.1) is 0 Å². The number of rotatable bonds is 3. The molecule has 0 aliphatic heterocycles. The van der Waals surface area contributed by atoms with E-state index in [4.69, 9.17) is 0 Å². The molecule has 0 aromatic heterocycles. The molecular formula is C16H13F2NO. The van der Waals surface area contributed by atoms with Gasteiger partial charge in [0.15, 0.2) is 0 Å². The van der Waals surface area contributed by atoms with Crippen LogP contribution in [0.4, 0.5) is 14.5 Å². The van der Waals surface area contributed by atoms with Crippen LogP contribution >= 0.6 is 0 Å². The van der Waals surface area contributed by atoms with Gasteiger partial charge in [0.25, 0.3) is 0 Å². The zero-order chi connectivity index (χ0) is 14.5. The summed E-state index contributed by atoms with van der Waals surface area (Å²) in [6, 6.07) is 12.4. The molecule has 102 valence electrons. The molecule has 2 aromatic rings. The number of anilines is 1. The molecule has 0 atom stereocenters. The third-order valence-electron chi connectivity index (χ3n) is 2.77. The number of hydrogen-bond donors (Lipinski definition) is 1. The summed E-state index contributed by atoms with van der Waals surface area (Å²) in [5.41, 5.74) is 1.61. The Morgan fingerprint density at radius 3 is 2.45 bits per heavy atom. The van der Waals surface area contributed by atoms with Crippen molar-refractivity contribution in [1.29, 1.82) is 0 Å². The van der Waals surface area contributed by atoms with Crippen molar-refractivity contribution in [2.45, 2.75) is 6.92 Å². The fourth-order valence-electron chi connectivity index (χ4n) is 1.74. The van der Waals surface area contributed by atoms with Crippen LogP contribution in [-0.2, 0) is 4.79 Å². The third kappa shape index (κ3) is 3.51. The van der Waals surface area contributed by atoms with Crippen molar-refractivity contribution in [2.24, 2.45) is 0 Å². The molecule has 0 saturated heterocycles. The van der Waals surface area contributed by atoms with Crippen molar-refractivity contribution < 1.29 is 13.6 Å². The van der Waals surface area contributed by atoms with Gasteiger partial charge in [-0.2, -0.15) is 0 Å². The lowest BCUT2D eigenvalue weighted by atomic mass is 10.1. The smallest absolute Gasteiger partial charge is 0.248 e. The molecule has 2 nitrogen and oxygen atoms in total. The van der Waals surface area contributed by atoms with Gasteiger partial charge in [-0.05, 0) is 30.2 Å². The second kappa shape index (κ2) is 6.10. The highest BCUT2D eigenvalue weighted by Gasteiger charge is 2.06. The highest BCUT2D eigenvalue weighted by Crippen LogP contribution is 2.16. The van der Waals surface area contributed by atoms with E-state index in [1.165, 1.54) is 12.1 Å². The first-order chi connectivity index (χ1) is 9.56. The largest absolute Gasteiger partial charge is 0.320 e. The molecule has 0 radical (unpaired) electrons. The monoisotopic (exact) mass is 273 g/mol. The van der Waals surface area contributed by atoms with Crippen LogP contribution in [0.5, 0.6) is 0 Å². The van der Waals surface area contributed by atoms with Crippen LogP contribution in [0.25, 0.3) is 5.57 Å². The molecule has 0 saturated carbocycles. The first-order valence-electron chi connectivity index (χ1n) is 6.06. The van der Waals surface area contributed by atoms with E-state index in [-0.39, 0.29) is 5.69 Å². The Kier molecular flexibility index (Phi) is 4.25. The summed E-state index contributed by atoms with van der Waals surface area (Å²) in [6.45, 7) is 1.79. The Morgan fingerprint density at radius 2 is 1.80 bits per heavy atom. The predicted octanol–water partition coefficient (Wildman–Crippen LogP) is 4.01. The molecule has 0 aliphatic rings. The van der Waals surface area contributed by atoms with Gasteiger partial charge in [-0.1, -0.05) is 30.3 Å². The highest BCUT2D eigenvalue weighted by molar-refractivity contribution is 6.03. The van der Waals surface area contributed by atoms with Crippen molar-refractivity contribution in [1.82, 2.24) is 0 Å². The molecule has 0 spiro atoms. The fourth-order valence-corrected chi connectivity index (χ4v) is 1.74. The molecule has 4 heteroatoms. The Morgan fingerprint density at radius 1 is 1.10 bits per heavy atom. The third-order valence-corrected chi connectivity index (χ3v) is 2.77.